The molecule has 0 atom stereocenters. The van der Waals surface area contributed by atoms with Crippen molar-refractivity contribution < 1.29 is 15.0 Å². The molecule has 3 rings (SSSR count). The first-order valence-corrected chi connectivity index (χ1v) is 6.57. The van der Waals surface area contributed by atoms with Crippen LogP contribution in [0, 0.1) is 0 Å². The number of phenols is 2. The van der Waals surface area contributed by atoms with Gasteiger partial charge in [0.05, 0.1) is 0 Å². The van der Waals surface area contributed by atoms with Gasteiger partial charge < -0.3 is 10.2 Å². The number of rotatable bonds is 2. The molecule has 0 saturated heterocycles. The first-order chi connectivity index (χ1) is 9.15. The van der Waals surface area contributed by atoms with Gasteiger partial charge in [0.2, 0.25) is 0 Å². The molecule has 0 amide bonds. The average Bonchev–Trinajstić information content (AvgIpc) is 2.81. The second-order valence-corrected chi connectivity index (χ2v) is 5.12. The summed E-state index contributed by atoms with van der Waals surface area (Å²) in [6, 6.07) is 11.1. The molecule has 1 aromatic heterocycles. The molecular formula is C15H10O3S. The highest BCUT2D eigenvalue weighted by Crippen LogP contribution is 2.30. The molecule has 0 saturated carbocycles. The zero-order valence-corrected chi connectivity index (χ0v) is 10.6. The van der Waals surface area contributed by atoms with Crippen LogP contribution in [0.25, 0.3) is 10.1 Å². The van der Waals surface area contributed by atoms with Crippen LogP contribution in [0.4, 0.5) is 0 Å². The lowest BCUT2D eigenvalue weighted by Crippen LogP contribution is -1.99. The Morgan fingerprint density at radius 2 is 1.63 bits per heavy atom. The van der Waals surface area contributed by atoms with Crippen LogP contribution in [0.2, 0.25) is 0 Å². The minimum Gasteiger partial charge on any atom is -0.508 e. The largest absolute Gasteiger partial charge is 0.508 e. The molecule has 3 aromatic rings. The Labute approximate surface area is 113 Å². The quantitative estimate of drug-likeness (QED) is 0.700. The Kier molecular flexibility index (Phi) is 2.72. The zero-order chi connectivity index (χ0) is 13.4. The molecule has 4 heteroatoms. The molecule has 0 spiro atoms. The summed E-state index contributed by atoms with van der Waals surface area (Å²) in [7, 11) is 0. The fraction of sp³-hybridized carbons (Fsp3) is 0. The zero-order valence-electron chi connectivity index (χ0n) is 9.83. The molecule has 2 aromatic carbocycles. The van der Waals surface area contributed by atoms with Crippen molar-refractivity contribution in [3.8, 4) is 11.5 Å². The highest BCUT2D eigenvalue weighted by molar-refractivity contribution is 7.17. The Morgan fingerprint density at radius 3 is 2.37 bits per heavy atom. The Morgan fingerprint density at radius 1 is 0.947 bits per heavy atom. The standard InChI is InChI=1S/C15H10O3S/c16-10-3-1-9(2-4-10)15(18)13-8-19-14-7-11(17)5-6-12(13)14/h1-8,16-17H. The number of fused-ring (bicyclic) bond motifs is 1. The van der Waals surface area contributed by atoms with E-state index >= 15 is 0 Å². The van der Waals surface area contributed by atoms with Crippen molar-refractivity contribution in [3.63, 3.8) is 0 Å². The van der Waals surface area contributed by atoms with Crippen molar-refractivity contribution in [2.24, 2.45) is 0 Å². The van der Waals surface area contributed by atoms with Gasteiger partial charge in [-0.15, -0.1) is 11.3 Å². The molecule has 0 fully saturated rings. The molecule has 19 heavy (non-hydrogen) atoms. The van der Waals surface area contributed by atoms with E-state index in [0.717, 1.165) is 10.1 Å². The van der Waals surface area contributed by atoms with E-state index in [1.165, 1.54) is 23.5 Å². The maximum Gasteiger partial charge on any atom is 0.194 e. The van der Waals surface area contributed by atoms with Crippen LogP contribution >= 0.6 is 11.3 Å². The summed E-state index contributed by atoms with van der Waals surface area (Å²) in [4.78, 5) is 12.4. The number of phenolic OH excluding ortho intramolecular Hbond substituents is 2. The van der Waals surface area contributed by atoms with Crippen LogP contribution < -0.4 is 0 Å². The molecule has 0 aliphatic heterocycles. The predicted octanol–water partition coefficient (Wildman–Crippen LogP) is 3.54. The van der Waals surface area contributed by atoms with Gasteiger partial charge in [0.1, 0.15) is 11.5 Å². The van der Waals surface area contributed by atoms with Crippen LogP contribution in [-0.2, 0) is 0 Å². The third kappa shape index (κ3) is 2.06. The monoisotopic (exact) mass is 270 g/mol. The third-order valence-corrected chi connectivity index (χ3v) is 3.88. The van der Waals surface area contributed by atoms with Gasteiger partial charge in [-0.3, -0.25) is 4.79 Å². The van der Waals surface area contributed by atoms with E-state index in [2.05, 4.69) is 0 Å². The van der Waals surface area contributed by atoms with Crippen molar-refractivity contribution >= 4 is 27.2 Å². The molecule has 94 valence electrons. The normalized spacial score (nSPS) is 10.7. The van der Waals surface area contributed by atoms with Crippen LogP contribution in [-0.4, -0.2) is 16.0 Å². The van der Waals surface area contributed by atoms with E-state index in [0.29, 0.717) is 11.1 Å². The van der Waals surface area contributed by atoms with Crippen molar-refractivity contribution in [3.05, 3.63) is 59.0 Å². The minimum absolute atomic E-state index is 0.0862. The minimum atomic E-state index is -0.0862. The lowest BCUT2D eigenvalue weighted by Gasteiger charge is -2.00. The predicted molar refractivity (Wildman–Crippen MR) is 75.0 cm³/mol. The van der Waals surface area contributed by atoms with E-state index in [-0.39, 0.29) is 17.3 Å². The Balaban J connectivity index is 2.09. The number of thiophene rings is 1. The summed E-state index contributed by atoms with van der Waals surface area (Å²) in [6.07, 6.45) is 0. The number of hydrogen-bond acceptors (Lipinski definition) is 4. The Bertz CT molecular complexity index is 757. The number of carbonyl (C=O) groups excluding carboxylic acids is 1. The summed E-state index contributed by atoms with van der Waals surface area (Å²) < 4.78 is 0.877. The maximum atomic E-state index is 12.4. The van der Waals surface area contributed by atoms with Gasteiger partial charge >= 0.3 is 0 Å². The second-order valence-electron chi connectivity index (χ2n) is 4.21. The van der Waals surface area contributed by atoms with Crippen LogP contribution in [0.1, 0.15) is 15.9 Å². The van der Waals surface area contributed by atoms with E-state index in [4.69, 9.17) is 0 Å². The topological polar surface area (TPSA) is 57.5 Å². The number of ketones is 1. The highest BCUT2D eigenvalue weighted by Gasteiger charge is 2.14. The second kappa shape index (κ2) is 4.40. The first kappa shape index (κ1) is 11.7. The van der Waals surface area contributed by atoms with Crippen molar-refractivity contribution in [1.82, 2.24) is 0 Å². The Hall–Kier alpha value is -2.33. The lowest BCUT2D eigenvalue weighted by molar-refractivity contribution is 0.104. The van der Waals surface area contributed by atoms with E-state index in [9.17, 15) is 15.0 Å². The number of benzene rings is 2. The van der Waals surface area contributed by atoms with Gasteiger partial charge in [-0.2, -0.15) is 0 Å². The van der Waals surface area contributed by atoms with Gasteiger partial charge in [0, 0.05) is 26.6 Å². The molecule has 2 N–H and O–H groups in total. The number of aromatic hydroxyl groups is 2. The van der Waals surface area contributed by atoms with Crippen LogP contribution in [0.15, 0.2) is 47.8 Å². The smallest absolute Gasteiger partial charge is 0.194 e. The summed E-state index contributed by atoms with van der Waals surface area (Å²) >= 11 is 1.42. The number of carbonyl (C=O) groups is 1. The molecule has 0 bridgehead atoms. The summed E-state index contributed by atoms with van der Waals surface area (Å²) in [6.45, 7) is 0. The third-order valence-electron chi connectivity index (χ3n) is 2.93. The average molecular weight is 270 g/mol. The fourth-order valence-corrected chi connectivity index (χ4v) is 2.93. The summed E-state index contributed by atoms with van der Waals surface area (Å²) in [5, 5.41) is 21.3. The van der Waals surface area contributed by atoms with Gasteiger partial charge in [-0.05, 0) is 42.5 Å². The summed E-state index contributed by atoms with van der Waals surface area (Å²) in [5.41, 5.74) is 1.15. The molecule has 1 heterocycles. The fourth-order valence-electron chi connectivity index (χ4n) is 1.96. The molecule has 0 aliphatic carbocycles. The van der Waals surface area contributed by atoms with Crippen molar-refractivity contribution in [2.75, 3.05) is 0 Å². The van der Waals surface area contributed by atoms with Crippen molar-refractivity contribution in [1.29, 1.82) is 0 Å². The SMILES string of the molecule is O=C(c1ccc(O)cc1)c1csc2cc(O)ccc12. The molecular weight excluding hydrogens is 260 g/mol. The first-order valence-electron chi connectivity index (χ1n) is 5.69. The van der Waals surface area contributed by atoms with Gasteiger partial charge in [0.15, 0.2) is 5.78 Å². The molecule has 3 nitrogen and oxygen atoms in total. The number of hydrogen-bond donors (Lipinski definition) is 2. The summed E-state index contributed by atoms with van der Waals surface area (Å²) in [5.74, 6) is 0.242. The van der Waals surface area contributed by atoms with E-state index in [1.54, 1.807) is 35.7 Å². The van der Waals surface area contributed by atoms with E-state index in [1.807, 2.05) is 0 Å². The molecule has 0 radical (unpaired) electrons. The van der Waals surface area contributed by atoms with Crippen LogP contribution in [0.5, 0.6) is 11.5 Å². The highest BCUT2D eigenvalue weighted by atomic mass is 32.1. The van der Waals surface area contributed by atoms with Gasteiger partial charge in [-0.25, -0.2) is 0 Å². The van der Waals surface area contributed by atoms with Gasteiger partial charge in [-0.1, -0.05) is 0 Å². The van der Waals surface area contributed by atoms with Gasteiger partial charge in [0.25, 0.3) is 0 Å². The maximum absolute atomic E-state index is 12.4. The lowest BCUT2D eigenvalue weighted by atomic mass is 10.0. The molecule has 0 aliphatic rings. The molecule has 0 unspecified atom stereocenters. The van der Waals surface area contributed by atoms with Crippen molar-refractivity contribution in [2.45, 2.75) is 0 Å². The van der Waals surface area contributed by atoms with E-state index < -0.39 is 0 Å². The van der Waals surface area contributed by atoms with Crippen LogP contribution in [0.3, 0.4) is 0 Å².